The van der Waals surface area contributed by atoms with Crippen molar-refractivity contribution in [2.24, 2.45) is 0 Å². The first kappa shape index (κ1) is 22.4. The molecule has 3 N–H and O–H groups in total. The molecule has 0 saturated heterocycles. The van der Waals surface area contributed by atoms with Crippen LogP contribution in [0.1, 0.15) is 42.2 Å². The topological polar surface area (TPSA) is 90.0 Å². The normalized spacial score (nSPS) is 10.5. The summed E-state index contributed by atoms with van der Waals surface area (Å²) in [5, 5.41) is 8.42. The summed E-state index contributed by atoms with van der Waals surface area (Å²) >= 11 is 0. The summed E-state index contributed by atoms with van der Waals surface area (Å²) in [6, 6.07) is 14.7. The van der Waals surface area contributed by atoms with Crippen molar-refractivity contribution >= 4 is 34.8 Å². The van der Waals surface area contributed by atoms with Gasteiger partial charge in [0.1, 0.15) is 0 Å². The lowest BCUT2D eigenvalue weighted by molar-refractivity contribution is 0.0948. The second-order valence-electron chi connectivity index (χ2n) is 6.88. The number of nitrogens with zero attached hydrogens (tertiary/aromatic N) is 2. The Labute approximate surface area is 176 Å². The van der Waals surface area contributed by atoms with Crippen molar-refractivity contribution in [3.05, 3.63) is 70.1 Å². The summed E-state index contributed by atoms with van der Waals surface area (Å²) in [5.74, 6) is -0.268. The number of aromatic nitrogens is 2. The van der Waals surface area contributed by atoms with E-state index < -0.39 is 0 Å². The van der Waals surface area contributed by atoms with Gasteiger partial charge in [-0.05, 0) is 36.6 Å². The minimum atomic E-state index is -0.268. The predicted octanol–water partition coefficient (Wildman–Crippen LogP) is 3.56. The van der Waals surface area contributed by atoms with Gasteiger partial charge in [-0.25, -0.2) is 4.68 Å². The molecule has 0 aliphatic carbocycles. The Morgan fingerprint density at radius 3 is 2.45 bits per heavy atom. The molecule has 29 heavy (non-hydrogen) atoms. The minimum absolute atomic E-state index is 0. The summed E-state index contributed by atoms with van der Waals surface area (Å²) in [6.45, 7) is 3.10. The van der Waals surface area contributed by atoms with Crippen molar-refractivity contribution in [2.45, 2.75) is 39.2 Å². The molecule has 0 bridgehead atoms. The molecule has 3 rings (SSSR count). The van der Waals surface area contributed by atoms with Crippen LogP contribution >= 0.6 is 12.4 Å². The first-order chi connectivity index (χ1) is 13.6. The van der Waals surface area contributed by atoms with Crippen molar-refractivity contribution in [1.82, 2.24) is 15.1 Å². The van der Waals surface area contributed by atoms with Crippen molar-refractivity contribution in [2.75, 3.05) is 12.3 Å². The summed E-state index contributed by atoms with van der Waals surface area (Å²) in [5.41, 5.74) is 7.65. The largest absolute Gasteiger partial charge is 0.399 e. The van der Waals surface area contributed by atoms with Crippen LogP contribution in [0.4, 0.5) is 5.69 Å². The van der Waals surface area contributed by atoms with Crippen LogP contribution in [0.3, 0.4) is 0 Å². The lowest BCUT2D eigenvalue weighted by Crippen LogP contribution is -2.31. The number of halogens is 1. The van der Waals surface area contributed by atoms with Crippen LogP contribution in [0.25, 0.3) is 10.8 Å². The average Bonchev–Trinajstić information content (AvgIpc) is 2.71. The van der Waals surface area contributed by atoms with Crippen molar-refractivity contribution in [3.63, 3.8) is 0 Å². The monoisotopic (exact) mass is 414 g/mol. The van der Waals surface area contributed by atoms with E-state index in [4.69, 9.17) is 5.73 Å². The summed E-state index contributed by atoms with van der Waals surface area (Å²) in [7, 11) is 0. The molecular weight excluding hydrogens is 388 g/mol. The Hall–Kier alpha value is -2.86. The van der Waals surface area contributed by atoms with Gasteiger partial charge in [0.25, 0.3) is 11.5 Å². The number of rotatable bonds is 8. The lowest BCUT2D eigenvalue weighted by Gasteiger charge is -2.11. The van der Waals surface area contributed by atoms with E-state index in [-0.39, 0.29) is 23.9 Å². The van der Waals surface area contributed by atoms with Gasteiger partial charge in [-0.15, -0.1) is 12.4 Å². The number of anilines is 1. The van der Waals surface area contributed by atoms with E-state index in [2.05, 4.69) is 17.3 Å². The van der Waals surface area contributed by atoms with Gasteiger partial charge in [-0.1, -0.05) is 50.1 Å². The molecule has 0 aliphatic rings. The maximum atomic E-state index is 12.8. The molecule has 0 aliphatic heterocycles. The maximum absolute atomic E-state index is 12.8. The van der Waals surface area contributed by atoms with Gasteiger partial charge in [0, 0.05) is 24.2 Å². The molecule has 7 heteroatoms. The second-order valence-corrected chi connectivity index (χ2v) is 6.88. The number of carbonyl (C=O) groups is 1. The highest BCUT2D eigenvalue weighted by Crippen LogP contribution is 2.14. The number of carbonyl (C=O) groups excluding carboxylic acids is 1. The van der Waals surface area contributed by atoms with Crippen molar-refractivity contribution in [1.29, 1.82) is 0 Å². The number of aryl methyl sites for hydroxylation is 1. The molecule has 0 radical (unpaired) electrons. The third-order valence-corrected chi connectivity index (χ3v) is 4.74. The number of amides is 1. The Kier molecular flexibility index (Phi) is 8.21. The van der Waals surface area contributed by atoms with E-state index in [0.29, 0.717) is 41.7 Å². The molecule has 0 atom stereocenters. The first-order valence-corrected chi connectivity index (χ1v) is 9.72. The highest BCUT2D eigenvalue weighted by molar-refractivity contribution is 6.04. The number of unbranched alkanes of at least 4 members (excludes halogenated alkanes) is 2. The Bertz CT molecular complexity index is 1020. The molecule has 1 aromatic heterocycles. The molecule has 0 fully saturated rings. The number of benzene rings is 2. The van der Waals surface area contributed by atoms with E-state index in [1.165, 1.54) is 4.68 Å². The van der Waals surface area contributed by atoms with Crippen LogP contribution in [0.15, 0.2) is 53.3 Å². The molecule has 154 valence electrons. The summed E-state index contributed by atoms with van der Waals surface area (Å²) in [4.78, 5) is 25.5. The Morgan fingerprint density at radius 2 is 1.76 bits per heavy atom. The van der Waals surface area contributed by atoms with Gasteiger partial charge in [0.15, 0.2) is 5.69 Å². The van der Waals surface area contributed by atoms with Crippen LogP contribution in [0.2, 0.25) is 0 Å². The number of nitrogens with two attached hydrogens (primary N) is 1. The molecule has 1 heterocycles. The highest BCUT2D eigenvalue weighted by Gasteiger charge is 2.16. The van der Waals surface area contributed by atoms with Gasteiger partial charge in [-0.3, -0.25) is 9.59 Å². The van der Waals surface area contributed by atoms with Crippen molar-refractivity contribution in [3.8, 4) is 0 Å². The third kappa shape index (κ3) is 5.57. The van der Waals surface area contributed by atoms with Gasteiger partial charge < -0.3 is 11.1 Å². The van der Waals surface area contributed by atoms with Gasteiger partial charge in [0.05, 0.1) is 5.39 Å². The fourth-order valence-electron chi connectivity index (χ4n) is 3.15. The molecule has 3 aromatic rings. The van der Waals surface area contributed by atoms with Crippen LogP contribution in [-0.2, 0) is 13.0 Å². The van der Waals surface area contributed by atoms with E-state index in [9.17, 15) is 9.59 Å². The molecule has 0 unspecified atom stereocenters. The fraction of sp³-hybridized carbons (Fsp3) is 0.318. The molecule has 1 amide bonds. The summed E-state index contributed by atoms with van der Waals surface area (Å²) < 4.78 is 1.42. The van der Waals surface area contributed by atoms with Crippen LogP contribution in [-0.4, -0.2) is 22.2 Å². The predicted molar refractivity (Wildman–Crippen MR) is 120 cm³/mol. The lowest BCUT2D eigenvalue weighted by atomic mass is 10.1. The van der Waals surface area contributed by atoms with Crippen LogP contribution in [0.5, 0.6) is 0 Å². The van der Waals surface area contributed by atoms with Gasteiger partial charge in [-0.2, -0.15) is 5.10 Å². The number of hydrogen-bond donors (Lipinski definition) is 2. The molecule has 6 nitrogen and oxygen atoms in total. The number of nitrogen functional groups attached to an aromatic ring is 1. The zero-order chi connectivity index (χ0) is 19.9. The smallest absolute Gasteiger partial charge is 0.274 e. The fourth-order valence-corrected chi connectivity index (χ4v) is 3.15. The first-order valence-electron chi connectivity index (χ1n) is 9.72. The van der Waals surface area contributed by atoms with E-state index in [0.717, 1.165) is 24.8 Å². The Balaban J connectivity index is 0.00000300. The van der Waals surface area contributed by atoms with Gasteiger partial charge in [0.2, 0.25) is 0 Å². The SMILES string of the molecule is CCCCCn1nc(C(=O)NCCc2ccc(N)cc2)c2ccccc2c1=O.Cl. The highest BCUT2D eigenvalue weighted by atomic mass is 35.5. The van der Waals surface area contributed by atoms with E-state index in [1.54, 1.807) is 12.1 Å². The molecule has 0 spiro atoms. The zero-order valence-electron chi connectivity index (χ0n) is 16.6. The zero-order valence-corrected chi connectivity index (χ0v) is 17.4. The van der Waals surface area contributed by atoms with Crippen LogP contribution in [0, 0.1) is 0 Å². The van der Waals surface area contributed by atoms with Crippen LogP contribution < -0.4 is 16.6 Å². The average molecular weight is 415 g/mol. The number of nitrogens with one attached hydrogen (secondary N) is 1. The maximum Gasteiger partial charge on any atom is 0.274 e. The molecule has 2 aromatic carbocycles. The quantitative estimate of drug-likeness (QED) is 0.435. The third-order valence-electron chi connectivity index (χ3n) is 4.74. The number of hydrogen-bond acceptors (Lipinski definition) is 4. The number of fused-ring (bicyclic) bond motifs is 1. The molecule has 0 saturated carbocycles. The van der Waals surface area contributed by atoms with Gasteiger partial charge >= 0.3 is 0 Å². The Morgan fingerprint density at radius 1 is 1.07 bits per heavy atom. The summed E-state index contributed by atoms with van der Waals surface area (Å²) in [6.07, 6.45) is 3.63. The van der Waals surface area contributed by atoms with Crippen molar-refractivity contribution < 1.29 is 4.79 Å². The van der Waals surface area contributed by atoms with E-state index >= 15 is 0 Å². The standard InChI is InChI=1S/C22H26N4O2.ClH/c1-2-3-6-15-26-22(28)19-8-5-4-7-18(19)20(25-26)21(27)24-14-13-16-9-11-17(23)12-10-16;/h4-5,7-12H,2-3,6,13-15,23H2,1H3,(H,24,27);1H. The second kappa shape index (κ2) is 10.6. The van der Waals surface area contributed by atoms with E-state index in [1.807, 2.05) is 36.4 Å². The molecular formula is C22H27ClN4O2. The minimum Gasteiger partial charge on any atom is -0.399 e.